The molecule has 142 valence electrons. The Labute approximate surface area is 167 Å². The average molecular weight is 370 g/mol. The van der Waals surface area contributed by atoms with Gasteiger partial charge >= 0.3 is 0 Å². The number of nitrogens with zero attached hydrogens (tertiary/aromatic N) is 1. The van der Waals surface area contributed by atoms with Gasteiger partial charge in [0, 0.05) is 35.7 Å². The predicted molar refractivity (Wildman–Crippen MR) is 120 cm³/mol. The van der Waals surface area contributed by atoms with Gasteiger partial charge in [0.15, 0.2) is 6.20 Å². The van der Waals surface area contributed by atoms with Crippen molar-refractivity contribution in [1.82, 2.24) is 4.98 Å². The molecule has 2 aromatic carbocycles. The molecule has 0 bridgehead atoms. The molecule has 4 rings (SSSR count). The van der Waals surface area contributed by atoms with E-state index >= 15 is 0 Å². The van der Waals surface area contributed by atoms with Gasteiger partial charge in [0.1, 0.15) is 6.54 Å². The smallest absolute Gasteiger partial charge is 0.213 e. The number of aromatic amines is 1. The molecule has 2 heterocycles. The number of nitrogens with one attached hydrogen (secondary N) is 1. The van der Waals surface area contributed by atoms with Crippen molar-refractivity contribution >= 4 is 34.0 Å². The summed E-state index contributed by atoms with van der Waals surface area (Å²) in [7, 11) is 0. The number of unbranched alkanes of at least 4 members (excludes halogenated alkanes) is 4. The van der Waals surface area contributed by atoms with Crippen LogP contribution in [0.2, 0.25) is 0 Å². The summed E-state index contributed by atoms with van der Waals surface area (Å²) in [6.07, 6.45) is 15.4. The Bertz CT molecular complexity index is 1090. The fourth-order valence-corrected chi connectivity index (χ4v) is 3.95. The van der Waals surface area contributed by atoms with Crippen LogP contribution in [0.5, 0.6) is 0 Å². The molecule has 2 heteroatoms. The van der Waals surface area contributed by atoms with E-state index in [4.69, 9.17) is 0 Å². The summed E-state index contributed by atoms with van der Waals surface area (Å²) in [6, 6.07) is 19.4. The third-order valence-electron chi connectivity index (χ3n) is 5.52. The van der Waals surface area contributed by atoms with E-state index in [1.54, 1.807) is 0 Å². The number of para-hydroxylation sites is 2. The third-order valence-corrected chi connectivity index (χ3v) is 5.52. The van der Waals surface area contributed by atoms with Crippen LogP contribution in [0, 0.1) is 0 Å². The maximum atomic E-state index is 3.35. The number of aryl methyl sites for hydroxylation is 1. The Kier molecular flexibility index (Phi) is 5.86. The third kappa shape index (κ3) is 4.01. The van der Waals surface area contributed by atoms with Crippen LogP contribution in [0.25, 0.3) is 34.0 Å². The summed E-state index contributed by atoms with van der Waals surface area (Å²) in [4.78, 5) is 3.35. The molecule has 2 nitrogen and oxygen atoms in total. The summed E-state index contributed by atoms with van der Waals surface area (Å²) < 4.78 is 2.41. The molecule has 0 saturated heterocycles. The van der Waals surface area contributed by atoms with Gasteiger partial charge in [-0.15, -0.1) is 0 Å². The molecule has 28 heavy (non-hydrogen) atoms. The number of hydrogen-bond donors (Lipinski definition) is 1. The lowest BCUT2D eigenvalue weighted by molar-refractivity contribution is -0.671. The predicted octanol–water partition coefficient (Wildman–Crippen LogP) is 6.75. The first kappa shape index (κ1) is 18.5. The van der Waals surface area contributed by atoms with Crippen LogP contribution in [0.4, 0.5) is 0 Å². The van der Waals surface area contributed by atoms with Crippen molar-refractivity contribution in [3.63, 3.8) is 0 Å². The van der Waals surface area contributed by atoms with E-state index in [1.165, 1.54) is 65.0 Å². The number of benzene rings is 2. The molecular weight excluding hydrogens is 340 g/mol. The monoisotopic (exact) mass is 369 g/mol. The Hall–Kier alpha value is -2.87. The normalized spacial score (nSPS) is 11.8. The highest BCUT2D eigenvalue weighted by atomic mass is 14.9. The number of fused-ring (bicyclic) bond motifs is 2. The topological polar surface area (TPSA) is 19.7 Å². The first-order valence-corrected chi connectivity index (χ1v) is 10.5. The lowest BCUT2D eigenvalue weighted by Crippen LogP contribution is -2.34. The second-order valence-electron chi connectivity index (χ2n) is 7.52. The van der Waals surface area contributed by atoms with E-state index in [2.05, 4.69) is 95.6 Å². The molecule has 0 atom stereocenters. The molecule has 1 N–H and O–H groups in total. The van der Waals surface area contributed by atoms with E-state index in [-0.39, 0.29) is 0 Å². The highest BCUT2D eigenvalue weighted by molar-refractivity contribution is 5.94. The Morgan fingerprint density at radius 2 is 1.54 bits per heavy atom. The molecule has 0 aliphatic carbocycles. The first-order valence-electron chi connectivity index (χ1n) is 10.5. The van der Waals surface area contributed by atoms with E-state index in [0.717, 1.165) is 6.54 Å². The first-order chi connectivity index (χ1) is 13.9. The summed E-state index contributed by atoms with van der Waals surface area (Å²) in [6.45, 7) is 3.36. The van der Waals surface area contributed by atoms with E-state index in [0.29, 0.717) is 0 Å². The van der Waals surface area contributed by atoms with Crippen molar-refractivity contribution in [1.29, 1.82) is 0 Å². The van der Waals surface area contributed by atoms with Crippen LogP contribution < -0.4 is 4.57 Å². The minimum atomic E-state index is 1.09. The minimum Gasteiger partial charge on any atom is -0.361 e. The quantitative estimate of drug-likeness (QED) is 0.262. The minimum absolute atomic E-state index is 1.09. The van der Waals surface area contributed by atoms with Crippen molar-refractivity contribution in [2.24, 2.45) is 0 Å². The Balaban J connectivity index is 1.59. The number of aromatic nitrogens is 2. The molecular formula is C26H29N2+. The van der Waals surface area contributed by atoms with Crippen LogP contribution in [0.15, 0.2) is 67.0 Å². The average Bonchev–Trinajstić information content (AvgIpc) is 3.16. The van der Waals surface area contributed by atoms with Gasteiger partial charge in [0.25, 0.3) is 0 Å². The van der Waals surface area contributed by atoms with Gasteiger partial charge in [-0.1, -0.05) is 68.7 Å². The highest BCUT2D eigenvalue weighted by Gasteiger charge is 2.10. The van der Waals surface area contributed by atoms with Gasteiger partial charge in [-0.05, 0) is 29.7 Å². The standard InChI is InChI=1S/C26H28N2/c1-2-3-4-5-10-18-28-19-17-21(24-12-7-9-14-26(24)28)15-16-22-20-27-25-13-8-6-11-23(22)25/h6-9,11-17,19-20H,2-5,10,18H2,1H3/p+1. The molecule has 0 radical (unpaired) electrons. The fourth-order valence-electron chi connectivity index (χ4n) is 3.95. The zero-order valence-corrected chi connectivity index (χ0v) is 16.7. The molecule has 0 fully saturated rings. The second-order valence-corrected chi connectivity index (χ2v) is 7.52. The fraction of sp³-hybridized carbons (Fsp3) is 0.269. The maximum absolute atomic E-state index is 3.35. The van der Waals surface area contributed by atoms with Crippen molar-refractivity contribution in [3.8, 4) is 0 Å². The molecule has 0 spiro atoms. The Morgan fingerprint density at radius 3 is 2.43 bits per heavy atom. The number of hydrogen-bond acceptors (Lipinski definition) is 0. The lowest BCUT2D eigenvalue weighted by atomic mass is 10.1. The number of pyridine rings is 1. The number of H-pyrrole nitrogens is 1. The second kappa shape index (κ2) is 8.88. The molecule has 0 aliphatic heterocycles. The molecule has 0 unspecified atom stereocenters. The van der Waals surface area contributed by atoms with Crippen LogP contribution in [0.3, 0.4) is 0 Å². The SMILES string of the molecule is CCCCCCC[n+]1ccc(/C=C/c2c[nH]c3ccccc23)c2ccccc21. The van der Waals surface area contributed by atoms with Crippen LogP contribution in [0.1, 0.15) is 50.2 Å². The summed E-state index contributed by atoms with van der Waals surface area (Å²) in [5, 5.41) is 2.58. The van der Waals surface area contributed by atoms with Crippen molar-refractivity contribution in [2.45, 2.75) is 45.6 Å². The van der Waals surface area contributed by atoms with Crippen LogP contribution in [-0.2, 0) is 6.54 Å². The van der Waals surface area contributed by atoms with Crippen LogP contribution >= 0.6 is 0 Å². The maximum Gasteiger partial charge on any atom is 0.213 e. The van der Waals surface area contributed by atoms with E-state index < -0.39 is 0 Å². The lowest BCUT2D eigenvalue weighted by Gasteiger charge is -2.05. The molecule has 2 aromatic heterocycles. The van der Waals surface area contributed by atoms with Gasteiger partial charge in [-0.2, -0.15) is 4.57 Å². The summed E-state index contributed by atoms with van der Waals surface area (Å²) in [5.41, 5.74) is 5.00. The zero-order valence-electron chi connectivity index (χ0n) is 16.7. The summed E-state index contributed by atoms with van der Waals surface area (Å²) in [5.74, 6) is 0. The zero-order chi connectivity index (χ0) is 19.2. The molecule has 4 aromatic rings. The van der Waals surface area contributed by atoms with E-state index in [9.17, 15) is 0 Å². The highest BCUT2D eigenvalue weighted by Crippen LogP contribution is 2.22. The number of rotatable bonds is 8. The summed E-state index contributed by atoms with van der Waals surface area (Å²) >= 11 is 0. The molecule has 0 amide bonds. The van der Waals surface area contributed by atoms with Crippen molar-refractivity contribution in [3.05, 3.63) is 78.1 Å². The van der Waals surface area contributed by atoms with Crippen LogP contribution in [-0.4, -0.2) is 4.98 Å². The van der Waals surface area contributed by atoms with Gasteiger partial charge in [-0.3, -0.25) is 0 Å². The van der Waals surface area contributed by atoms with E-state index in [1.807, 2.05) is 0 Å². The largest absolute Gasteiger partial charge is 0.361 e. The van der Waals surface area contributed by atoms with Crippen molar-refractivity contribution < 1.29 is 4.57 Å². The Morgan fingerprint density at radius 1 is 0.786 bits per heavy atom. The molecule has 0 saturated carbocycles. The molecule has 0 aliphatic rings. The van der Waals surface area contributed by atoms with Crippen molar-refractivity contribution in [2.75, 3.05) is 0 Å². The van der Waals surface area contributed by atoms with Gasteiger partial charge < -0.3 is 4.98 Å². The van der Waals surface area contributed by atoms with Gasteiger partial charge in [-0.25, -0.2) is 0 Å². The van der Waals surface area contributed by atoms with Gasteiger partial charge in [0.05, 0.1) is 5.39 Å². The van der Waals surface area contributed by atoms with Gasteiger partial charge in [0.2, 0.25) is 5.52 Å².